The minimum atomic E-state index is -1.75. The maximum atomic E-state index is 12.3. The van der Waals surface area contributed by atoms with Gasteiger partial charge in [0.1, 0.15) is 103 Å². The molecule has 4 aliphatic carbocycles. The number of ether oxygens (including phenoxy) is 9. The number of hydrogen-bond acceptors (Lipinski definition) is 22. The number of allylic oxidation sites excluding steroid dienone is 2. The summed E-state index contributed by atoms with van der Waals surface area (Å²) >= 11 is 0. The van der Waals surface area contributed by atoms with Gasteiger partial charge in [-0.3, -0.25) is 0 Å². The molecule has 0 aromatic rings. The Bertz CT molecular complexity index is 1920. The second kappa shape index (κ2) is 21.3. The summed E-state index contributed by atoms with van der Waals surface area (Å²) < 4.78 is 54.1. The second-order valence-electron chi connectivity index (χ2n) is 23.1. The summed E-state index contributed by atoms with van der Waals surface area (Å²) in [4.78, 5) is 0. The minimum absolute atomic E-state index is 0.0972. The third-order valence-electron chi connectivity index (χ3n) is 18.5. The maximum Gasteiger partial charge on any atom is 0.187 e. The van der Waals surface area contributed by atoms with E-state index in [9.17, 15) is 66.4 Å². The van der Waals surface area contributed by atoms with Crippen LogP contribution in [0, 0.1) is 40.4 Å². The Labute approximate surface area is 419 Å². The lowest BCUT2D eigenvalue weighted by molar-refractivity contribution is -0.385. The number of fused-ring (bicyclic) bond motifs is 7. The van der Waals surface area contributed by atoms with E-state index in [4.69, 9.17) is 42.6 Å². The van der Waals surface area contributed by atoms with Crippen LogP contribution in [0.5, 0.6) is 0 Å². The van der Waals surface area contributed by atoms with Crippen LogP contribution in [0.2, 0.25) is 0 Å². The number of aliphatic hydroxyl groups excluding tert-OH is 12. The highest BCUT2D eigenvalue weighted by atomic mass is 16.8. The van der Waals surface area contributed by atoms with E-state index >= 15 is 0 Å². The summed E-state index contributed by atoms with van der Waals surface area (Å²) in [6, 6.07) is 0. The Morgan fingerprint density at radius 3 is 2.10 bits per heavy atom. The van der Waals surface area contributed by atoms with Crippen molar-refractivity contribution in [1.29, 1.82) is 0 Å². The molecule has 0 bridgehead atoms. The zero-order valence-corrected chi connectivity index (χ0v) is 41.6. The van der Waals surface area contributed by atoms with Gasteiger partial charge in [-0.2, -0.15) is 0 Å². The van der Waals surface area contributed by atoms with Crippen LogP contribution in [-0.4, -0.2) is 227 Å². The molecule has 5 aliphatic heterocycles. The molecule has 5 heterocycles. The van der Waals surface area contributed by atoms with Crippen molar-refractivity contribution in [3.8, 4) is 0 Å². The third-order valence-corrected chi connectivity index (χ3v) is 18.5. The number of aliphatic hydroxyl groups is 13. The van der Waals surface area contributed by atoms with Gasteiger partial charge in [0.05, 0.1) is 38.6 Å². The van der Waals surface area contributed by atoms with Crippen molar-refractivity contribution in [1.82, 2.24) is 0 Å². The van der Waals surface area contributed by atoms with Crippen LogP contribution < -0.4 is 0 Å². The van der Waals surface area contributed by atoms with Crippen molar-refractivity contribution in [2.45, 2.75) is 221 Å². The van der Waals surface area contributed by atoms with Crippen LogP contribution in [0.25, 0.3) is 0 Å². The summed E-state index contributed by atoms with van der Waals surface area (Å²) in [7, 11) is 0. The predicted molar refractivity (Wildman–Crippen MR) is 244 cm³/mol. The molecule has 0 spiro atoms. The summed E-state index contributed by atoms with van der Waals surface area (Å²) in [6.07, 6.45) is -18.3. The van der Waals surface area contributed by atoms with E-state index in [2.05, 4.69) is 19.9 Å². The molecule has 0 aromatic carbocycles. The van der Waals surface area contributed by atoms with Gasteiger partial charge in [0, 0.05) is 5.92 Å². The van der Waals surface area contributed by atoms with Gasteiger partial charge < -0.3 is 109 Å². The van der Waals surface area contributed by atoms with E-state index < -0.39 is 148 Å². The minimum Gasteiger partial charge on any atom is -0.492 e. The lowest BCUT2D eigenvalue weighted by atomic mass is 9.46. The Morgan fingerprint density at radius 2 is 1.38 bits per heavy atom. The molecule has 5 saturated heterocycles. The van der Waals surface area contributed by atoms with Crippen LogP contribution in [0.3, 0.4) is 0 Å². The van der Waals surface area contributed by atoms with E-state index in [-0.39, 0.29) is 35.4 Å². The van der Waals surface area contributed by atoms with Gasteiger partial charge >= 0.3 is 0 Å². The Hall–Kier alpha value is -1.56. The van der Waals surface area contributed by atoms with Gasteiger partial charge in [0.15, 0.2) is 25.2 Å². The van der Waals surface area contributed by atoms with E-state index in [1.807, 2.05) is 19.9 Å². The average molecular weight is 1030 g/mol. The Morgan fingerprint density at radius 1 is 0.708 bits per heavy atom. The molecule has 22 nitrogen and oxygen atoms in total. The lowest BCUT2D eigenvalue weighted by Crippen LogP contribution is -2.66. The second-order valence-corrected chi connectivity index (χ2v) is 23.1. The highest BCUT2D eigenvalue weighted by Crippen LogP contribution is 2.70. The summed E-state index contributed by atoms with van der Waals surface area (Å²) in [5.41, 5.74) is -0.336. The smallest absolute Gasteiger partial charge is 0.187 e. The van der Waals surface area contributed by atoms with E-state index in [0.717, 1.165) is 32.1 Å². The number of rotatable bonds is 13. The molecule has 0 radical (unpaired) electrons. The van der Waals surface area contributed by atoms with Gasteiger partial charge in [0.2, 0.25) is 0 Å². The van der Waals surface area contributed by atoms with Crippen molar-refractivity contribution in [3.63, 3.8) is 0 Å². The molecule has 8 fully saturated rings. The van der Waals surface area contributed by atoms with Gasteiger partial charge in [0.25, 0.3) is 0 Å². The SMILES string of the molecule is C[C@H](CC=C1O[C@H]2C[C@H]3[C@@H]4CC=C5C[C@@H](O[C@@H]6O[C@H](CO)[C@@H](O[C@@H]7OC[C@@H](O)[C@H](O)[C@H]7O)[C@H](O)[C@H]6O[C@@H]6O[C@@H](C)[C@H](O)[C@@H](O)[C@H]6O)CC[C@]5(C)[C@H]4CC[C@]3(C)[C@H]2[C@]1(C)O)CO[C@@H]1O[C@H](CO)[C@@H](O)[C@H](O)[C@H]1O. The van der Waals surface area contributed by atoms with Crippen LogP contribution >= 0.6 is 0 Å². The first-order chi connectivity index (χ1) is 34.0. The molecular formula is C50H80O22. The van der Waals surface area contributed by atoms with E-state index in [0.29, 0.717) is 42.8 Å². The maximum absolute atomic E-state index is 12.3. The fourth-order valence-corrected chi connectivity index (χ4v) is 14.4. The van der Waals surface area contributed by atoms with Crippen molar-refractivity contribution in [2.24, 2.45) is 40.4 Å². The fraction of sp³-hybridized carbons (Fsp3) is 0.920. The van der Waals surface area contributed by atoms with Gasteiger partial charge in [-0.25, -0.2) is 0 Å². The molecule has 0 amide bonds. The van der Waals surface area contributed by atoms with Gasteiger partial charge in [-0.05, 0) is 106 Å². The highest BCUT2D eigenvalue weighted by molar-refractivity contribution is 5.29. The molecule has 9 aliphatic rings. The van der Waals surface area contributed by atoms with Gasteiger partial charge in [-0.15, -0.1) is 0 Å². The molecule has 72 heavy (non-hydrogen) atoms. The Kier molecular flexibility index (Phi) is 16.4. The largest absolute Gasteiger partial charge is 0.492 e. The first kappa shape index (κ1) is 55.2. The predicted octanol–water partition coefficient (Wildman–Crippen LogP) is -2.45. The molecule has 9 rings (SSSR count). The normalized spacial score (nSPS) is 54.5. The standard InChI is InChI=1S/C50H80O22/c1-20(18-64-44-38(60)36(58)34(56)29(16-51)69-44)6-9-31-50(5,63)43-28(68-31)15-26-24-8-7-22-14-23(10-12-48(22,3)25(24)11-13-49(26,43)4)67-47-42(72-46-39(61)35(57)32(54)21(2)66-46)40(62)41(30(17-52)70-47)71-45-37(59)33(55)27(53)19-65-45/h7,9,20-21,23-30,32-47,51-63H,6,8,10-19H2,1-5H3/t20-,21+,23+,24-,25+,26+,27-,28+,29-,30-,32+,33+,34-,35-,36+,37-,38-,39-,40+,41-,42-,43+,44-,45+,46+,47-,48+,49+,50-/m1/s1. The van der Waals surface area contributed by atoms with E-state index in [1.165, 1.54) is 12.5 Å². The molecule has 0 aromatic heterocycles. The van der Waals surface area contributed by atoms with Gasteiger partial charge in [-0.1, -0.05) is 32.4 Å². The summed E-state index contributed by atoms with van der Waals surface area (Å²) in [5.74, 6) is 1.30. The van der Waals surface area contributed by atoms with Crippen LogP contribution in [0.15, 0.2) is 23.5 Å². The van der Waals surface area contributed by atoms with Crippen molar-refractivity contribution in [2.75, 3.05) is 26.4 Å². The molecule has 0 unspecified atom stereocenters. The van der Waals surface area contributed by atoms with Crippen LogP contribution in [0.1, 0.15) is 86.0 Å². The summed E-state index contributed by atoms with van der Waals surface area (Å²) in [5, 5.41) is 138. The van der Waals surface area contributed by atoms with Crippen molar-refractivity contribution < 1.29 is 109 Å². The monoisotopic (exact) mass is 1030 g/mol. The first-order valence-corrected chi connectivity index (χ1v) is 26.0. The zero-order chi connectivity index (χ0) is 51.9. The van der Waals surface area contributed by atoms with Crippen LogP contribution in [-0.2, 0) is 42.6 Å². The van der Waals surface area contributed by atoms with Crippen LogP contribution in [0.4, 0.5) is 0 Å². The molecule has 29 atom stereocenters. The molecule has 412 valence electrons. The molecule has 3 saturated carbocycles. The van der Waals surface area contributed by atoms with E-state index in [1.54, 1.807) is 0 Å². The zero-order valence-electron chi connectivity index (χ0n) is 41.6. The molecule has 13 N–H and O–H groups in total. The van der Waals surface area contributed by atoms with Crippen molar-refractivity contribution in [3.05, 3.63) is 23.5 Å². The third kappa shape index (κ3) is 9.78. The Balaban J connectivity index is 0.857. The quantitative estimate of drug-likeness (QED) is 0.0852. The average Bonchev–Trinajstić information content (AvgIpc) is 3.81. The summed E-state index contributed by atoms with van der Waals surface area (Å²) in [6.45, 7) is 8.43. The molecular weight excluding hydrogens is 953 g/mol. The fourth-order valence-electron chi connectivity index (χ4n) is 14.4. The lowest BCUT2D eigenvalue weighted by Gasteiger charge is -2.58. The number of hydrogen-bond donors (Lipinski definition) is 13. The topological polar surface area (TPSA) is 346 Å². The first-order valence-electron chi connectivity index (χ1n) is 26.0. The highest BCUT2D eigenvalue weighted by Gasteiger charge is 2.69. The van der Waals surface area contributed by atoms with Crippen molar-refractivity contribution >= 4 is 0 Å². The molecule has 22 heteroatoms.